The van der Waals surface area contributed by atoms with Gasteiger partial charge in [-0.05, 0) is 13.8 Å². The van der Waals surface area contributed by atoms with Gasteiger partial charge in [0.15, 0.2) is 5.13 Å². The number of piperazine rings is 1. The molecule has 0 saturated carbocycles. The van der Waals surface area contributed by atoms with Crippen molar-refractivity contribution in [3.05, 3.63) is 23.5 Å². The molecule has 0 radical (unpaired) electrons. The summed E-state index contributed by atoms with van der Waals surface area (Å²) < 4.78 is 0. The van der Waals surface area contributed by atoms with Crippen LogP contribution in [-0.2, 0) is 4.79 Å². The van der Waals surface area contributed by atoms with Gasteiger partial charge >= 0.3 is 0 Å². The van der Waals surface area contributed by atoms with Crippen molar-refractivity contribution < 1.29 is 4.79 Å². The molecule has 1 aliphatic heterocycles. The number of nitriles is 1. The summed E-state index contributed by atoms with van der Waals surface area (Å²) in [5.41, 5.74) is 0. The van der Waals surface area contributed by atoms with Crippen LogP contribution in [0, 0.1) is 11.3 Å². The molecule has 3 rings (SSSR count). The number of carbonyl (C=O) groups is 1. The highest BCUT2D eigenvalue weighted by Gasteiger charge is 2.20. The molecule has 9 nitrogen and oxygen atoms in total. The van der Waals surface area contributed by atoms with Crippen molar-refractivity contribution in [3.8, 4) is 6.07 Å². The Hall–Kier alpha value is -2.77. The van der Waals surface area contributed by atoms with Crippen LogP contribution in [0.2, 0.25) is 0 Å². The van der Waals surface area contributed by atoms with Crippen molar-refractivity contribution in [2.75, 3.05) is 42.9 Å². The van der Waals surface area contributed by atoms with Crippen LogP contribution in [0.5, 0.6) is 0 Å². The zero-order valence-corrected chi connectivity index (χ0v) is 16.2. The molecule has 1 aliphatic rings. The molecule has 10 heteroatoms. The standard InChI is InChI=1S/C17H22N8OS/c1-12(2)22-16(26)10-24-3-5-25(6-4-24)15-7-14(20-11-21-15)23-17-19-9-13(8-18)27-17/h7,9,11-12H,3-6,10H2,1-2H3,(H,22,26)(H,19,20,21,23). The maximum absolute atomic E-state index is 11.9. The lowest BCUT2D eigenvalue weighted by atomic mass is 10.3. The Morgan fingerprint density at radius 2 is 2.07 bits per heavy atom. The predicted molar refractivity (Wildman–Crippen MR) is 104 cm³/mol. The third-order valence-electron chi connectivity index (χ3n) is 4.02. The average Bonchev–Trinajstić information content (AvgIpc) is 3.09. The van der Waals surface area contributed by atoms with Crippen molar-refractivity contribution in [2.45, 2.75) is 19.9 Å². The first-order chi connectivity index (χ1) is 13.0. The molecule has 0 bridgehead atoms. The summed E-state index contributed by atoms with van der Waals surface area (Å²) in [6.07, 6.45) is 3.04. The van der Waals surface area contributed by atoms with Crippen LogP contribution in [-0.4, -0.2) is 64.5 Å². The summed E-state index contributed by atoms with van der Waals surface area (Å²) in [7, 11) is 0. The highest BCUT2D eigenvalue weighted by Crippen LogP contribution is 2.23. The normalized spacial score (nSPS) is 14.8. The second-order valence-corrected chi connectivity index (χ2v) is 7.54. The molecule has 1 saturated heterocycles. The van der Waals surface area contributed by atoms with Crippen molar-refractivity contribution in [2.24, 2.45) is 0 Å². The molecular weight excluding hydrogens is 364 g/mol. The zero-order chi connectivity index (χ0) is 19.2. The number of hydrogen-bond acceptors (Lipinski definition) is 9. The monoisotopic (exact) mass is 386 g/mol. The molecule has 2 N–H and O–H groups in total. The molecule has 0 aliphatic carbocycles. The second kappa shape index (κ2) is 8.75. The second-order valence-electron chi connectivity index (χ2n) is 6.51. The van der Waals surface area contributed by atoms with Crippen LogP contribution in [0.1, 0.15) is 18.7 Å². The van der Waals surface area contributed by atoms with E-state index in [0.717, 1.165) is 32.0 Å². The molecule has 1 amide bonds. The van der Waals surface area contributed by atoms with Crippen molar-refractivity contribution in [1.82, 2.24) is 25.2 Å². The summed E-state index contributed by atoms with van der Waals surface area (Å²) in [6.45, 7) is 7.54. The van der Waals surface area contributed by atoms with Crippen molar-refractivity contribution >= 4 is 34.0 Å². The predicted octanol–water partition coefficient (Wildman–Crippen LogP) is 1.19. The highest BCUT2D eigenvalue weighted by molar-refractivity contribution is 7.16. The fourth-order valence-corrected chi connectivity index (χ4v) is 3.41. The van der Waals surface area contributed by atoms with Gasteiger partial charge in [-0.1, -0.05) is 11.3 Å². The lowest BCUT2D eigenvalue weighted by molar-refractivity contribution is -0.122. The molecule has 3 heterocycles. The molecule has 27 heavy (non-hydrogen) atoms. The van der Waals surface area contributed by atoms with Gasteiger partial charge in [-0.2, -0.15) is 5.26 Å². The van der Waals surface area contributed by atoms with Crippen LogP contribution in [0.25, 0.3) is 0 Å². The first kappa shape index (κ1) is 19.0. The Morgan fingerprint density at radius 3 is 2.74 bits per heavy atom. The fourth-order valence-electron chi connectivity index (χ4n) is 2.79. The Morgan fingerprint density at radius 1 is 1.30 bits per heavy atom. The van der Waals surface area contributed by atoms with Gasteiger partial charge in [0.05, 0.1) is 12.7 Å². The molecule has 0 spiro atoms. The van der Waals surface area contributed by atoms with Gasteiger partial charge in [0.2, 0.25) is 5.91 Å². The van der Waals surface area contributed by atoms with Gasteiger partial charge in [-0.3, -0.25) is 9.69 Å². The number of nitrogens with one attached hydrogen (secondary N) is 2. The van der Waals surface area contributed by atoms with E-state index in [1.165, 1.54) is 23.9 Å². The number of nitrogens with zero attached hydrogens (tertiary/aromatic N) is 6. The van der Waals surface area contributed by atoms with E-state index in [0.29, 0.717) is 22.4 Å². The smallest absolute Gasteiger partial charge is 0.234 e. The van der Waals surface area contributed by atoms with E-state index in [1.54, 1.807) is 0 Å². The minimum atomic E-state index is 0.0622. The van der Waals surface area contributed by atoms with E-state index < -0.39 is 0 Å². The van der Waals surface area contributed by atoms with Gasteiger partial charge in [0, 0.05) is 38.3 Å². The summed E-state index contributed by atoms with van der Waals surface area (Å²) in [5, 5.41) is 15.5. The third-order valence-corrected chi connectivity index (χ3v) is 4.83. The SMILES string of the molecule is CC(C)NC(=O)CN1CCN(c2cc(Nc3ncc(C#N)s3)ncn2)CC1. The first-order valence-electron chi connectivity index (χ1n) is 8.75. The number of hydrogen-bond donors (Lipinski definition) is 2. The van der Waals surface area contributed by atoms with Crippen LogP contribution in [0.3, 0.4) is 0 Å². The van der Waals surface area contributed by atoms with Crippen LogP contribution < -0.4 is 15.5 Å². The molecule has 142 valence electrons. The first-order valence-corrected chi connectivity index (χ1v) is 9.57. The Bertz CT molecular complexity index is 822. The van der Waals surface area contributed by atoms with E-state index in [4.69, 9.17) is 5.26 Å². The minimum absolute atomic E-state index is 0.0622. The lowest BCUT2D eigenvalue weighted by Gasteiger charge is -2.35. The largest absolute Gasteiger partial charge is 0.354 e. The van der Waals surface area contributed by atoms with Gasteiger partial charge in [-0.25, -0.2) is 15.0 Å². The molecule has 2 aromatic rings. The quantitative estimate of drug-likeness (QED) is 0.762. The van der Waals surface area contributed by atoms with Gasteiger partial charge in [-0.15, -0.1) is 0 Å². The maximum Gasteiger partial charge on any atom is 0.234 e. The summed E-state index contributed by atoms with van der Waals surface area (Å²) in [4.78, 5) is 29.5. The summed E-state index contributed by atoms with van der Waals surface area (Å²) in [6, 6.07) is 4.10. The van der Waals surface area contributed by atoms with E-state index in [1.807, 2.05) is 19.9 Å². The molecule has 1 fully saturated rings. The highest BCUT2D eigenvalue weighted by atomic mass is 32.1. The van der Waals surface area contributed by atoms with Gasteiger partial charge in [0.25, 0.3) is 0 Å². The number of thiazole rings is 1. The average molecular weight is 386 g/mol. The Labute approximate surface area is 162 Å². The lowest BCUT2D eigenvalue weighted by Crippen LogP contribution is -2.50. The number of anilines is 3. The zero-order valence-electron chi connectivity index (χ0n) is 15.3. The summed E-state index contributed by atoms with van der Waals surface area (Å²) >= 11 is 1.28. The Balaban J connectivity index is 1.55. The molecule has 0 atom stereocenters. The van der Waals surface area contributed by atoms with Crippen molar-refractivity contribution in [1.29, 1.82) is 5.26 Å². The third kappa shape index (κ3) is 5.35. The number of aromatic nitrogens is 3. The molecule has 0 aromatic carbocycles. The van der Waals surface area contributed by atoms with Gasteiger partial charge < -0.3 is 15.5 Å². The van der Waals surface area contributed by atoms with E-state index in [9.17, 15) is 4.79 Å². The number of carbonyl (C=O) groups excluding carboxylic acids is 1. The van der Waals surface area contributed by atoms with Crippen molar-refractivity contribution in [3.63, 3.8) is 0 Å². The van der Waals surface area contributed by atoms with Crippen LogP contribution >= 0.6 is 11.3 Å². The van der Waals surface area contributed by atoms with E-state index in [-0.39, 0.29) is 11.9 Å². The van der Waals surface area contributed by atoms with Crippen LogP contribution in [0.15, 0.2) is 18.6 Å². The molecule has 0 unspecified atom stereocenters. The van der Waals surface area contributed by atoms with E-state index in [2.05, 4.69) is 41.5 Å². The molecular formula is C17H22N8OS. The maximum atomic E-state index is 11.9. The minimum Gasteiger partial charge on any atom is -0.354 e. The number of amides is 1. The molecule has 2 aromatic heterocycles. The van der Waals surface area contributed by atoms with Crippen LogP contribution in [0.4, 0.5) is 16.8 Å². The topological polar surface area (TPSA) is 110 Å². The fraction of sp³-hybridized carbons (Fsp3) is 0.471. The Kier molecular flexibility index (Phi) is 6.16. The van der Waals surface area contributed by atoms with Gasteiger partial charge in [0.1, 0.15) is 28.9 Å². The summed E-state index contributed by atoms with van der Waals surface area (Å²) in [5.74, 6) is 1.53. The van der Waals surface area contributed by atoms with E-state index >= 15 is 0 Å². The number of rotatable bonds is 6.